The third-order valence-electron chi connectivity index (χ3n) is 3.61. The van der Waals surface area contributed by atoms with Crippen molar-refractivity contribution in [1.82, 2.24) is 0 Å². The molecule has 2 unspecified atom stereocenters. The molecule has 30 heavy (non-hydrogen) atoms. The first-order chi connectivity index (χ1) is 14.0. The van der Waals surface area contributed by atoms with E-state index < -0.39 is 6.10 Å². The minimum atomic E-state index is -0.411. The van der Waals surface area contributed by atoms with Crippen molar-refractivity contribution in [2.45, 2.75) is 54.6 Å². The predicted molar refractivity (Wildman–Crippen MR) is 132 cm³/mol. The summed E-state index contributed by atoms with van der Waals surface area (Å²) in [5.41, 5.74) is 0.379. The number of thioether (sulfide) groups is 2. The molecule has 0 saturated heterocycles. The van der Waals surface area contributed by atoms with Gasteiger partial charge in [0, 0.05) is 23.9 Å². The molecule has 0 aromatic carbocycles. The second-order valence-electron chi connectivity index (χ2n) is 10.3. The lowest BCUT2D eigenvalue weighted by atomic mass is 9.99. The molecule has 2 atom stereocenters. The molecule has 7 heteroatoms. The maximum absolute atomic E-state index is 9.88. The second-order valence-corrected chi connectivity index (χ2v) is 12.6. The Bertz CT molecular complexity index is 347. The molecule has 0 aromatic rings. The maximum atomic E-state index is 9.88. The van der Waals surface area contributed by atoms with Gasteiger partial charge in [0.05, 0.1) is 52.4 Å². The summed E-state index contributed by atoms with van der Waals surface area (Å²) >= 11 is 3.61. The van der Waals surface area contributed by atoms with Crippen molar-refractivity contribution in [3.8, 4) is 0 Å². The van der Waals surface area contributed by atoms with E-state index in [1.807, 2.05) is 11.8 Å². The van der Waals surface area contributed by atoms with Gasteiger partial charge in [0.1, 0.15) is 0 Å². The van der Waals surface area contributed by atoms with E-state index in [0.29, 0.717) is 44.7 Å². The van der Waals surface area contributed by atoms with Crippen LogP contribution in [0.4, 0.5) is 0 Å². The third-order valence-corrected chi connectivity index (χ3v) is 5.95. The lowest BCUT2D eigenvalue weighted by Crippen LogP contribution is -2.23. The Morgan fingerprint density at radius 3 is 1.63 bits per heavy atom. The Morgan fingerprint density at radius 2 is 1.13 bits per heavy atom. The Kier molecular flexibility index (Phi) is 18.3. The zero-order valence-electron chi connectivity index (χ0n) is 20.5. The van der Waals surface area contributed by atoms with E-state index in [1.165, 1.54) is 0 Å². The first-order valence-electron chi connectivity index (χ1n) is 11.1. The molecular weight excluding hydrogens is 420 g/mol. The van der Waals surface area contributed by atoms with E-state index in [2.05, 4.69) is 48.5 Å². The summed E-state index contributed by atoms with van der Waals surface area (Å²) < 4.78 is 22.5. The number of rotatable bonds is 19. The molecule has 0 aliphatic rings. The predicted octanol–water partition coefficient (Wildman–Crippen LogP) is 4.61. The smallest absolute Gasteiger partial charge is 0.0863 e. The van der Waals surface area contributed by atoms with E-state index in [1.54, 1.807) is 11.8 Å². The summed E-state index contributed by atoms with van der Waals surface area (Å²) in [5, 5.41) is 9.88. The Hall–Kier alpha value is 0.500. The molecule has 1 N–H and O–H groups in total. The summed E-state index contributed by atoms with van der Waals surface area (Å²) in [6.07, 6.45) is -0.411. The first kappa shape index (κ1) is 30.5. The van der Waals surface area contributed by atoms with Gasteiger partial charge in [0.15, 0.2) is 0 Å². The molecule has 0 saturated carbocycles. The molecule has 0 amide bonds. The SMILES string of the molecule is CC(COCC(C)(C)C)CSCCOCCOCCSCC(O)COCC(C)(C)C. The topological polar surface area (TPSA) is 57.2 Å². The molecule has 0 heterocycles. The zero-order valence-corrected chi connectivity index (χ0v) is 22.2. The van der Waals surface area contributed by atoms with Gasteiger partial charge in [-0.3, -0.25) is 0 Å². The molecule has 0 aliphatic heterocycles. The van der Waals surface area contributed by atoms with Crippen molar-refractivity contribution in [1.29, 1.82) is 0 Å². The molecule has 0 aliphatic carbocycles. The van der Waals surface area contributed by atoms with Crippen LogP contribution in [-0.2, 0) is 18.9 Å². The van der Waals surface area contributed by atoms with Crippen LogP contribution in [0.15, 0.2) is 0 Å². The largest absolute Gasteiger partial charge is 0.390 e. The molecule has 0 aromatic heterocycles. The monoisotopic (exact) mass is 468 g/mol. The summed E-state index contributed by atoms with van der Waals surface area (Å²) in [5.74, 6) is 4.24. The molecule has 0 fully saturated rings. The quantitative estimate of drug-likeness (QED) is 0.278. The van der Waals surface area contributed by atoms with E-state index in [4.69, 9.17) is 18.9 Å². The van der Waals surface area contributed by atoms with E-state index in [-0.39, 0.29) is 10.8 Å². The van der Waals surface area contributed by atoms with Crippen molar-refractivity contribution in [3.05, 3.63) is 0 Å². The fourth-order valence-corrected chi connectivity index (χ4v) is 3.90. The van der Waals surface area contributed by atoms with Crippen LogP contribution < -0.4 is 0 Å². The lowest BCUT2D eigenvalue weighted by molar-refractivity contribution is 0.0155. The number of hydrogen-bond acceptors (Lipinski definition) is 7. The standard InChI is InChI=1S/C23H48O5S2/c1-20(14-27-18-22(2,3)4)16-29-12-10-25-8-9-26-11-13-30-17-21(24)15-28-19-23(5,6)7/h20-21,24H,8-19H2,1-7H3. The van der Waals surface area contributed by atoms with Gasteiger partial charge in [-0.25, -0.2) is 0 Å². The zero-order chi connectivity index (χ0) is 22.9. The summed E-state index contributed by atoms with van der Waals surface area (Å²) in [4.78, 5) is 0. The van der Waals surface area contributed by atoms with Gasteiger partial charge in [0.25, 0.3) is 0 Å². The fourth-order valence-electron chi connectivity index (χ4n) is 2.23. The highest BCUT2D eigenvalue weighted by Crippen LogP contribution is 2.15. The highest BCUT2D eigenvalue weighted by molar-refractivity contribution is 7.99. The minimum absolute atomic E-state index is 0.140. The number of aliphatic hydroxyl groups is 1. The van der Waals surface area contributed by atoms with Crippen molar-refractivity contribution in [2.24, 2.45) is 16.7 Å². The van der Waals surface area contributed by atoms with Gasteiger partial charge >= 0.3 is 0 Å². The fraction of sp³-hybridized carbons (Fsp3) is 1.00. The van der Waals surface area contributed by atoms with Crippen LogP contribution >= 0.6 is 23.5 Å². The van der Waals surface area contributed by atoms with Gasteiger partial charge in [-0.1, -0.05) is 48.5 Å². The van der Waals surface area contributed by atoms with E-state index in [0.717, 1.165) is 37.1 Å². The number of hydrogen-bond donors (Lipinski definition) is 1. The first-order valence-corrected chi connectivity index (χ1v) is 13.4. The van der Waals surface area contributed by atoms with Crippen LogP contribution in [-0.4, -0.2) is 87.1 Å². The number of ether oxygens (including phenoxy) is 4. The van der Waals surface area contributed by atoms with Crippen molar-refractivity contribution in [3.63, 3.8) is 0 Å². The normalized spacial score (nSPS) is 14.8. The van der Waals surface area contributed by atoms with Crippen LogP contribution in [0.3, 0.4) is 0 Å². The third kappa shape index (κ3) is 24.8. The molecule has 0 bridgehead atoms. The molecule has 0 spiro atoms. The Balaban J connectivity index is 3.29. The summed E-state index contributed by atoms with van der Waals surface area (Å²) in [7, 11) is 0. The minimum Gasteiger partial charge on any atom is -0.390 e. The summed E-state index contributed by atoms with van der Waals surface area (Å²) in [6, 6.07) is 0. The lowest BCUT2D eigenvalue weighted by Gasteiger charge is -2.20. The Labute approximate surface area is 194 Å². The molecule has 0 rings (SSSR count). The van der Waals surface area contributed by atoms with Gasteiger partial charge in [-0.2, -0.15) is 23.5 Å². The average Bonchev–Trinajstić information content (AvgIpc) is 2.60. The summed E-state index contributed by atoms with van der Waals surface area (Å²) in [6.45, 7) is 20.6. The van der Waals surface area contributed by atoms with E-state index in [9.17, 15) is 5.11 Å². The highest BCUT2D eigenvalue weighted by Gasteiger charge is 2.12. The second kappa shape index (κ2) is 18.0. The Morgan fingerprint density at radius 1 is 0.667 bits per heavy atom. The van der Waals surface area contributed by atoms with Crippen LogP contribution in [0.5, 0.6) is 0 Å². The maximum Gasteiger partial charge on any atom is 0.0863 e. The number of aliphatic hydroxyl groups excluding tert-OH is 1. The van der Waals surface area contributed by atoms with Gasteiger partial charge in [0.2, 0.25) is 0 Å². The van der Waals surface area contributed by atoms with Crippen LogP contribution in [0.1, 0.15) is 48.5 Å². The van der Waals surface area contributed by atoms with Crippen LogP contribution in [0, 0.1) is 16.7 Å². The van der Waals surface area contributed by atoms with Crippen LogP contribution in [0.2, 0.25) is 0 Å². The van der Waals surface area contributed by atoms with Gasteiger partial charge in [-0.05, 0) is 22.5 Å². The molecule has 182 valence electrons. The molecular formula is C23H48O5S2. The van der Waals surface area contributed by atoms with Crippen molar-refractivity contribution < 1.29 is 24.1 Å². The van der Waals surface area contributed by atoms with Crippen LogP contribution in [0.25, 0.3) is 0 Å². The van der Waals surface area contributed by atoms with Crippen molar-refractivity contribution >= 4 is 23.5 Å². The van der Waals surface area contributed by atoms with Gasteiger partial charge in [-0.15, -0.1) is 0 Å². The van der Waals surface area contributed by atoms with E-state index >= 15 is 0 Å². The van der Waals surface area contributed by atoms with Gasteiger partial charge < -0.3 is 24.1 Å². The highest BCUT2D eigenvalue weighted by atomic mass is 32.2. The average molecular weight is 469 g/mol. The molecule has 0 radical (unpaired) electrons. The van der Waals surface area contributed by atoms with Crippen molar-refractivity contribution in [2.75, 3.05) is 75.9 Å². The molecule has 5 nitrogen and oxygen atoms in total.